The normalized spacial score (nSPS) is 24.8. The fourth-order valence-electron chi connectivity index (χ4n) is 1.92. The Labute approximate surface area is 98.7 Å². The molecular formula is C13H25NO2. The van der Waals surface area contributed by atoms with Crippen molar-refractivity contribution in [2.24, 2.45) is 11.1 Å². The Balaban J connectivity index is 2.43. The summed E-state index contributed by atoms with van der Waals surface area (Å²) >= 11 is 0. The number of esters is 1. The number of hydrogen-bond donors (Lipinski definition) is 1. The van der Waals surface area contributed by atoms with Crippen LogP contribution in [0.5, 0.6) is 0 Å². The van der Waals surface area contributed by atoms with Gasteiger partial charge in [0.15, 0.2) is 0 Å². The summed E-state index contributed by atoms with van der Waals surface area (Å²) in [7, 11) is 0. The van der Waals surface area contributed by atoms with Crippen molar-refractivity contribution >= 4 is 5.97 Å². The van der Waals surface area contributed by atoms with Gasteiger partial charge in [0, 0.05) is 0 Å². The first-order valence-corrected chi connectivity index (χ1v) is 6.27. The highest BCUT2D eigenvalue weighted by Gasteiger charge is 2.33. The lowest BCUT2D eigenvalue weighted by Gasteiger charge is -2.35. The standard InChI is InChI=1S/C13H25NO2/c1-5-13(4,14)11(15)16-10-6-8-12(2,3)9-7-10/h10H,5-9,14H2,1-4H3. The van der Waals surface area contributed by atoms with Crippen molar-refractivity contribution in [3.63, 3.8) is 0 Å². The van der Waals surface area contributed by atoms with E-state index in [1.54, 1.807) is 6.92 Å². The maximum atomic E-state index is 11.8. The van der Waals surface area contributed by atoms with E-state index in [9.17, 15) is 4.79 Å². The summed E-state index contributed by atoms with van der Waals surface area (Å²) in [6, 6.07) is 0. The first-order chi connectivity index (χ1) is 7.27. The fourth-order valence-corrected chi connectivity index (χ4v) is 1.92. The molecule has 3 heteroatoms. The van der Waals surface area contributed by atoms with E-state index in [1.165, 1.54) is 0 Å². The molecule has 0 bridgehead atoms. The molecule has 0 amide bonds. The molecule has 1 atom stereocenters. The van der Waals surface area contributed by atoms with Crippen LogP contribution in [0.3, 0.4) is 0 Å². The first-order valence-electron chi connectivity index (χ1n) is 6.27. The van der Waals surface area contributed by atoms with Crippen molar-refractivity contribution in [2.75, 3.05) is 0 Å². The molecule has 1 fully saturated rings. The topological polar surface area (TPSA) is 52.3 Å². The number of rotatable bonds is 3. The molecular weight excluding hydrogens is 202 g/mol. The van der Waals surface area contributed by atoms with Gasteiger partial charge in [0.2, 0.25) is 0 Å². The lowest BCUT2D eigenvalue weighted by molar-refractivity contribution is -0.157. The van der Waals surface area contributed by atoms with Gasteiger partial charge in [-0.2, -0.15) is 0 Å². The van der Waals surface area contributed by atoms with Crippen LogP contribution >= 0.6 is 0 Å². The third-order valence-electron chi connectivity index (χ3n) is 3.76. The largest absolute Gasteiger partial charge is 0.461 e. The van der Waals surface area contributed by atoms with Crippen molar-refractivity contribution < 1.29 is 9.53 Å². The average molecular weight is 227 g/mol. The molecule has 0 saturated heterocycles. The van der Waals surface area contributed by atoms with Crippen LogP contribution in [0.25, 0.3) is 0 Å². The van der Waals surface area contributed by atoms with Crippen molar-refractivity contribution in [1.29, 1.82) is 0 Å². The third-order valence-corrected chi connectivity index (χ3v) is 3.76. The molecule has 2 N–H and O–H groups in total. The van der Waals surface area contributed by atoms with Crippen LogP contribution in [0.1, 0.15) is 59.8 Å². The molecule has 0 aromatic carbocycles. The Morgan fingerprint density at radius 3 is 2.38 bits per heavy atom. The highest BCUT2D eigenvalue weighted by Crippen LogP contribution is 2.36. The third kappa shape index (κ3) is 3.48. The lowest BCUT2D eigenvalue weighted by atomic mass is 9.76. The summed E-state index contributed by atoms with van der Waals surface area (Å²) in [5, 5.41) is 0. The Morgan fingerprint density at radius 2 is 1.94 bits per heavy atom. The molecule has 94 valence electrons. The van der Waals surface area contributed by atoms with Gasteiger partial charge in [-0.3, -0.25) is 4.79 Å². The highest BCUT2D eigenvalue weighted by atomic mass is 16.5. The molecule has 3 nitrogen and oxygen atoms in total. The summed E-state index contributed by atoms with van der Waals surface area (Å²) in [6.07, 6.45) is 4.88. The maximum Gasteiger partial charge on any atom is 0.326 e. The molecule has 1 rings (SSSR count). The molecule has 1 saturated carbocycles. The summed E-state index contributed by atoms with van der Waals surface area (Å²) < 4.78 is 5.48. The molecule has 16 heavy (non-hydrogen) atoms. The lowest BCUT2D eigenvalue weighted by Crippen LogP contribution is -2.47. The zero-order valence-electron chi connectivity index (χ0n) is 11.0. The Hall–Kier alpha value is -0.570. The minimum absolute atomic E-state index is 0.0787. The van der Waals surface area contributed by atoms with Gasteiger partial charge in [0.1, 0.15) is 11.6 Å². The van der Waals surface area contributed by atoms with Crippen molar-refractivity contribution in [2.45, 2.75) is 71.4 Å². The number of hydrogen-bond acceptors (Lipinski definition) is 3. The quantitative estimate of drug-likeness (QED) is 0.754. The maximum absolute atomic E-state index is 11.8. The second kappa shape index (κ2) is 4.74. The zero-order chi connectivity index (χ0) is 12.4. The van der Waals surface area contributed by atoms with Crippen molar-refractivity contribution in [3.8, 4) is 0 Å². The molecule has 1 unspecified atom stereocenters. The van der Waals surface area contributed by atoms with Crippen LogP contribution in [0, 0.1) is 5.41 Å². The van der Waals surface area contributed by atoms with E-state index in [-0.39, 0.29) is 12.1 Å². The number of ether oxygens (including phenoxy) is 1. The Morgan fingerprint density at radius 1 is 1.44 bits per heavy atom. The highest BCUT2D eigenvalue weighted by molar-refractivity contribution is 5.80. The van der Waals surface area contributed by atoms with E-state index in [1.807, 2.05) is 6.92 Å². The predicted octanol–water partition coefficient (Wildman–Crippen LogP) is 2.63. The molecule has 0 aromatic rings. The van der Waals surface area contributed by atoms with E-state index in [2.05, 4.69) is 13.8 Å². The number of carbonyl (C=O) groups excluding carboxylic acids is 1. The fraction of sp³-hybridized carbons (Fsp3) is 0.923. The van der Waals surface area contributed by atoms with Crippen LogP contribution in [-0.2, 0) is 9.53 Å². The molecule has 1 aliphatic carbocycles. The smallest absolute Gasteiger partial charge is 0.326 e. The van der Waals surface area contributed by atoms with Gasteiger partial charge in [0.05, 0.1) is 0 Å². The second-order valence-electron chi connectivity index (χ2n) is 6.04. The van der Waals surface area contributed by atoms with Gasteiger partial charge in [-0.1, -0.05) is 20.8 Å². The molecule has 0 spiro atoms. The zero-order valence-corrected chi connectivity index (χ0v) is 11.0. The van der Waals surface area contributed by atoms with E-state index < -0.39 is 5.54 Å². The van der Waals surface area contributed by atoms with Gasteiger partial charge in [-0.15, -0.1) is 0 Å². The van der Waals surface area contributed by atoms with E-state index in [0.29, 0.717) is 11.8 Å². The average Bonchev–Trinajstić information content (AvgIpc) is 2.21. The summed E-state index contributed by atoms with van der Waals surface area (Å²) in [5.74, 6) is -0.250. The number of carbonyl (C=O) groups is 1. The summed E-state index contributed by atoms with van der Waals surface area (Å²) in [5.41, 5.74) is 5.43. The SMILES string of the molecule is CCC(C)(N)C(=O)OC1CCC(C)(C)CC1. The molecule has 1 aliphatic rings. The van der Waals surface area contributed by atoms with Crippen molar-refractivity contribution in [1.82, 2.24) is 0 Å². The molecule has 0 radical (unpaired) electrons. The minimum Gasteiger partial charge on any atom is -0.461 e. The van der Waals surface area contributed by atoms with Gasteiger partial charge in [-0.05, 0) is 44.4 Å². The minimum atomic E-state index is -0.826. The second-order valence-corrected chi connectivity index (χ2v) is 6.04. The van der Waals surface area contributed by atoms with Gasteiger partial charge < -0.3 is 10.5 Å². The predicted molar refractivity (Wildman–Crippen MR) is 65.0 cm³/mol. The van der Waals surface area contributed by atoms with Gasteiger partial charge in [0.25, 0.3) is 0 Å². The van der Waals surface area contributed by atoms with Crippen molar-refractivity contribution in [3.05, 3.63) is 0 Å². The van der Waals surface area contributed by atoms with Gasteiger partial charge >= 0.3 is 5.97 Å². The Kier molecular flexibility index (Phi) is 4.00. The van der Waals surface area contributed by atoms with Crippen LogP contribution in [-0.4, -0.2) is 17.6 Å². The van der Waals surface area contributed by atoms with Crippen LogP contribution in [0.4, 0.5) is 0 Å². The molecule has 0 heterocycles. The van der Waals surface area contributed by atoms with Crippen LogP contribution < -0.4 is 5.73 Å². The summed E-state index contributed by atoms with van der Waals surface area (Å²) in [4.78, 5) is 11.8. The van der Waals surface area contributed by atoms with E-state index >= 15 is 0 Å². The first kappa shape index (κ1) is 13.5. The Bertz CT molecular complexity index is 249. The number of nitrogens with two attached hydrogens (primary N) is 1. The summed E-state index contributed by atoms with van der Waals surface area (Å²) in [6.45, 7) is 8.18. The molecule has 0 aromatic heterocycles. The molecule has 0 aliphatic heterocycles. The monoisotopic (exact) mass is 227 g/mol. The van der Waals surface area contributed by atoms with E-state index in [4.69, 9.17) is 10.5 Å². The van der Waals surface area contributed by atoms with Crippen LogP contribution in [0.15, 0.2) is 0 Å². The van der Waals surface area contributed by atoms with E-state index in [0.717, 1.165) is 25.7 Å². The van der Waals surface area contributed by atoms with Gasteiger partial charge in [-0.25, -0.2) is 0 Å². The van der Waals surface area contributed by atoms with Crippen LogP contribution in [0.2, 0.25) is 0 Å².